The summed E-state index contributed by atoms with van der Waals surface area (Å²) in [5.41, 5.74) is 0.407. The van der Waals surface area contributed by atoms with Crippen LogP contribution in [0.25, 0.3) is 0 Å². The summed E-state index contributed by atoms with van der Waals surface area (Å²) < 4.78 is 0.632. The molecule has 3 nitrogen and oxygen atoms in total. The van der Waals surface area contributed by atoms with E-state index in [4.69, 9.17) is 0 Å². The lowest BCUT2D eigenvalue weighted by Gasteiger charge is -1.76. The molecular formula is C4H3BrN2O. The Bertz CT molecular complexity index is 196. The van der Waals surface area contributed by atoms with Crippen LogP contribution in [0.4, 0.5) is 5.69 Å². The Kier molecular flexibility index (Phi) is 1.43. The summed E-state index contributed by atoms with van der Waals surface area (Å²) in [5.74, 6) is 0. The van der Waals surface area contributed by atoms with Gasteiger partial charge in [-0.3, -0.25) is 0 Å². The summed E-state index contributed by atoms with van der Waals surface area (Å²) in [7, 11) is 0. The summed E-state index contributed by atoms with van der Waals surface area (Å²) in [6, 6.07) is 1.59. The van der Waals surface area contributed by atoms with Gasteiger partial charge in [0.25, 0.3) is 0 Å². The van der Waals surface area contributed by atoms with Crippen molar-refractivity contribution in [1.82, 2.24) is 4.98 Å². The van der Waals surface area contributed by atoms with Gasteiger partial charge in [0.1, 0.15) is 10.3 Å². The van der Waals surface area contributed by atoms with Crippen LogP contribution < -0.4 is 0 Å². The molecule has 1 aromatic rings. The summed E-state index contributed by atoms with van der Waals surface area (Å²) >= 11 is 3.08. The fraction of sp³-hybridized carbons (Fsp3) is 0. The number of nitrogens with zero attached hydrogens (tertiary/aromatic N) is 1. The number of hydrogen-bond acceptors (Lipinski definition) is 2. The lowest BCUT2D eigenvalue weighted by Crippen LogP contribution is -1.55. The van der Waals surface area contributed by atoms with Crippen LogP contribution in [0.2, 0.25) is 0 Å². The molecule has 0 fully saturated rings. The van der Waals surface area contributed by atoms with Crippen molar-refractivity contribution in [2.24, 2.45) is 5.18 Å². The van der Waals surface area contributed by atoms with Crippen molar-refractivity contribution < 1.29 is 0 Å². The van der Waals surface area contributed by atoms with Crippen LogP contribution in [0, 0.1) is 4.91 Å². The molecule has 0 saturated heterocycles. The van der Waals surface area contributed by atoms with Crippen molar-refractivity contribution in [3.05, 3.63) is 21.8 Å². The molecule has 0 saturated carbocycles. The maximum Gasteiger partial charge on any atom is 0.140 e. The highest BCUT2D eigenvalue weighted by Gasteiger charge is 1.95. The monoisotopic (exact) mass is 174 g/mol. The summed E-state index contributed by atoms with van der Waals surface area (Å²) in [6.45, 7) is 0. The number of rotatable bonds is 1. The molecule has 0 aliphatic heterocycles. The van der Waals surface area contributed by atoms with Gasteiger partial charge in [0.05, 0.1) is 0 Å². The summed E-state index contributed by atoms with van der Waals surface area (Å²) in [6.07, 6.45) is 1.64. The van der Waals surface area contributed by atoms with E-state index < -0.39 is 0 Å². The fourth-order valence-corrected chi connectivity index (χ4v) is 0.748. The Balaban J connectivity index is 3.09. The third kappa shape index (κ3) is 0.790. The fourth-order valence-electron chi connectivity index (χ4n) is 0.411. The van der Waals surface area contributed by atoms with E-state index in [1.165, 1.54) is 0 Å². The smallest absolute Gasteiger partial charge is 0.140 e. The SMILES string of the molecule is O=Nc1cc[nH]c1Br. The molecule has 1 aromatic heterocycles. The highest BCUT2D eigenvalue weighted by molar-refractivity contribution is 9.10. The molecule has 0 aromatic carbocycles. The van der Waals surface area contributed by atoms with Crippen molar-refractivity contribution in [2.75, 3.05) is 0 Å². The minimum absolute atomic E-state index is 0.407. The molecule has 1 rings (SSSR count). The van der Waals surface area contributed by atoms with E-state index in [-0.39, 0.29) is 0 Å². The van der Waals surface area contributed by atoms with Gasteiger partial charge in [-0.25, -0.2) is 0 Å². The number of H-pyrrole nitrogens is 1. The average molecular weight is 175 g/mol. The Labute approximate surface area is 54.2 Å². The molecule has 8 heavy (non-hydrogen) atoms. The standard InChI is InChI=1S/C4H3BrN2O/c5-4-3(7-8)1-2-6-4/h1-2,6H. The minimum Gasteiger partial charge on any atom is -0.354 e. The number of aromatic amines is 1. The second-order valence-electron chi connectivity index (χ2n) is 1.27. The van der Waals surface area contributed by atoms with Gasteiger partial charge in [0, 0.05) is 6.20 Å². The Morgan fingerprint density at radius 2 is 2.50 bits per heavy atom. The zero-order chi connectivity index (χ0) is 5.98. The number of nitrogens with one attached hydrogen (secondary N) is 1. The normalized spacial score (nSPS) is 9.12. The third-order valence-corrected chi connectivity index (χ3v) is 1.41. The van der Waals surface area contributed by atoms with Crippen LogP contribution in [0.15, 0.2) is 22.0 Å². The van der Waals surface area contributed by atoms with E-state index >= 15 is 0 Å². The van der Waals surface area contributed by atoms with Gasteiger partial charge in [0.2, 0.25) is 0 Å². The van der Waals surface area contributed by atoms with E-state index in [0.717, 1.165) is 0 Å². The van der Waals surface area contributed by atoms with Crippen LogP contribution in [-0.2, 0) is 0 Å². The molecule has 0 amide bonds. The first-order valence-corrected chi connectivity index (χ1v) is 2.80. The molecule has 0 radical (unpaired) electrons. The highest BCUT2D eigenvalue weighted by atomic mass is 79.9. The van der Waals surface area contributed by atoms with Gasteiger partial charge < -0.3 is 4.98 Å². The molecule has 0 unspecified atom stereocenters. The second kappa shape index (κ2) is 2.09. The lowest BCUT2D eigenvalue weighted by atomic mass is 10.6. The van der Waals surface area contributed by atoms with Crippen molar-refractivity contribution in [3.63, 3.8) is 0 Å². The van der Waals surface area contributed by atoms with Gasteiger partial charge in [-0.15, -0.1) is 4.91 Å². The molecule has 42 valence electrons. The highest BCUT2D eigenvalue weighted by Crippen LogP contribution is 2.21. The molecule has 0 spiro atoms. The number of nitroso groups, excluding NO2 is 1. The average Bonchev–Trinajstić information content (AvgIpc) is 2.14. The third-order valence-electron chi connectivity index (χ3n) is 0.774. The van der Waals surface area contributed by atoms with E-state index in [2.05, 4.69) is 26.1 Å². The molecule has 4 heteroatoms. The predicted molar refractivity (Wildman–Crippen MR) is 33.9 cm³/mol. The zero-order valence-corrected chi connectivity index (χ0v) is 5.47. The molecule has 0 aliphatic rings. The van der Waals surface area contributed by atoms with E-state index in [1.54, 1.807) is 12.3 Å². The topological polar surface area (TPSA) is 45.2 Å². The maximum absolute atomic E-state index is 9.79. The molecular weight excluding hydrogens is 172 g/mol. The molecule has 0 bridgehead atoms. The van der Waals surface area contributed by atoms with Gasteiger partial charge >= 0.3 is 0 Å². The van der Waals surface area contributed by atoms with E-state index in [9.17, 15) is 4.91 Å². The van der Waals surface area contributed by atoms with Crippen LogP contribution in [-0.4, -0.2) is 4.98 Å². The summed E-state index contributed by atoms with van der Waals surface area (Å²) in [4.78, 5) is 12.5. The Hall–Kier alpha value is -0.640. The lowest BCUT2D eigenvalue weighted by molar-refractivity contribution is 1.34. The van der Waals surface area contributed by atoms with Gasteiger partial charge in [-0.2, -0.15) is 0 Å². The van der Waals surface area contributed by atoms with Crippen LogP contribution in [0.5, 0.6) is 0 Å². The first kappa shape index (κ1) is 5.50. The van der Waals surface area contributed by atoms with Gasteiger partial charge in [0.15, 0.2) is 0 Å². The number of aromatic nitrogens is 1. The van der Waals surface area contributed by atoms with Gasteiger partial charge in [-0.1, -0.05) is 0 Å². The zero-order valence-electron chi connectivity index (χ0n) is 3.89. The van der Waals surface area contributed by atoms with Crippen LogP contribution in [0.1, 0.15) is 0 Å². The molecule has 0 atom stereocenters. The maximum atomic E-state index is 9.79. The Morgan fingerprint density at radius 1 is 1.75 bits per heavy atom. The molecule has 1 N–H and O–H groups in total. The molecule has 1 heterocycles. The van der Waals surface area contributed by atoms with E-state index in [1.807, 2.05) is 0 Å². The van der Waals surface area contributed by atoms with Crippen LogP contribution in [0.3, 0.4) is 0 Å². The van der Waals surface area contributed by atoms with Crippen molar-refractivity contribution >= 4 is 21.6 Å². The van der Waals surface area contributed by atoms with Gasteiger partial charge in [-0.05, 0) is 27.2 Å². The van der Waals surface area contributed by atoms with Crippen LogP contribution >= 0.6 is 15.9 Å². The summed E-state index contributed by atoms with van der Waals surface area (Å²) in [5, 5.41) is 2.70. The molecule has 0 aliphatic carbocycles. The largest absolute Gasteiger partial charge is 0.354 e. The quantitative estimate of drug-likeness (QED) is 0.653. The minimum atomic E-state index is 0.407. The number of hydrogen-bond donors (Lipinski definition) is 1. The van der Waals surface area contributed by atoms with Crippen molar-refractivity contribution in [1.29, 1.82) is 0 Å². The van der Waals surface area contributed by atoms with E-state index in [0.29, 0.717) is 10.3 Å². The second-order valence-corrected chi connectivity index (χ2v) is 2.06. The predicted octanol–water partition coefficient (Wildman–Crippen LogP) is 2.18. The number of halogens is 1. The first-order valence-electron chi connectivity index (χ1n) is 2.01. The first-order chi connectivity index (χ1) is 3.84. The Morgan fingerprint density at radius 3 is 2.75 bits per heavy atom. The van der Waals surface area contributed by atoms with Crippen molar-refractivity contribution in [3.8, 4) is 0 Å². The van der Waals surface area contributed by atoms with Crippen molar-refractivity contribution in [2.45, 2.75) is 0 Å².